The van der Waals surface area contributed by atoms with E-state index >= 15 is 0 Å². The molecule has 22 heavy (non-hydrogen) atoms. The lowest BCUT2D eigenvalue weighted by Gasteiger charge is -2.10. The van der Waals surface area contributed by atoms with E-state index in [4.69, 9.17) is 16.0 Å². The number of hydrogen-bond donors (Lipinski definition) is 3. The van der Waals surface area contributed by atoms with Crippen molar-refractivity contribution in [3.8, 4) is 11.3 Å². The highest BCUT2D eigenvalue weighted by Crippen LogP contribution is 2.24. The summed E-state index contributed by atoms with van der Waals surface area (Å²) in [6.45, 7) is 0.976. The molecule has 0 radical (unpaired) electrons. The molecule has 114 valence electrons. The molecule has 1 atom stereocenters. The third kappa shape index (κ3) is 3.39. The summed E-state index contributed by atoms with van der Waals surface area (Å²) < 4.78 is 5.17. The maximum atomic E-state index is 9.96. The van der Waals surface area contributed by atoms with Gasteiger partial charge in [-0.05, 0) is 24.3 Å². The third-order valence-corrected chi connectivity index (χ3v) is 3.59. The Hall–Kier alpha value is -2.08. The number of nitrogens with zero attached hydrogens (tertiary/aromatic N) is 1. The summed E-state index contributed by atoms with van der Waals surface area (Å²) in [6, 6.07) is 11.1. The maximum Gasteiger partial charge on any atom is 0.133 e. The molecule has 3 N–H and O–H groups in total. The topological polar surface area (TPSA) is 74.1 Å². The smallest absolute Gasteiger partial charge is 0.133 e. The number of H-pyrrole nitrogens is 1. The Morgan fingerprint density at radius 1 is 1.32 bits per heavy atom. The summed E-state index contributed by atoms with van der Waals surface area (Å²) in [5, 5.41) is 20.9. The second kappa shape index (κ2) is 6.79. The fourth-order valence-electron chi connectivity index (χ4n) is 2.26. The maximum absolute atomic E-state index is 9.96. The predicted molar refractivity (Wildman–Crippen MR) is 84.4 cm³/mol. The standard InChI is InChI=1S/C16H16ClN3O2/c17-13-4-1-3-11(7-13)16-12(9-19-20-16)8-18-10-14(21)15-5-2-6-22-15/h1-7,9,14,18,21H,8,10H2,(H,19,20). The summed E-state index contributed by atoms with van der Waals surface area (Å²) in [7, 11) is 0. The lowest BCUT2D eigenvalue weighted by molar-refractivity contribution is 0.147. The van der Waals surface area contributed by atoms with Gasteiger partial charge in [0.05, 0.1) is 18.2 Å². The quantitative estimate of drug-likeness (QED) is 0.653. The number of benzene rings is 1. The van der Waals surface area contributed by atoms with Crippen LogP contribution in [0.15, 0.2) is 53.3 Å². The summed E-state index contributed by atoms with van der Waals surface area (Å²) in [4.78, 5) is 0. The number of aromatic amines is 1. The van der Waals surface area contributed by atoms with E-state index in [1.807, 2.05) is 24.3 Å². The van der Waals surface area contributed by atoms with Crippen molar-refractivity contribution in [3.63, 3.8) is 0 Å². The van der Waals surface area contributed by atoms with Crippen LogP contribution >= 0.6 is 11.6 Å². The van der Waals surface area contributed by atoms with Gasteiger partial charge in [-0.25, -0.2) is 0 Å². The van der Waals surface area contributed by atoms with Gasteiger partial charge in [-0.2, -0.15) is 5.10 Å². The zero-order valence-corrected chi connectivity index (χ0v) is 12.5. The summed E-state index contributed by atoms with van der Waals surface area (Å²) in [5.41, 5.74) is 2.91. The Balaban J connectivity index is 1.63. The van der Waals surface area contributed by atoms with Crippen LogP contribution < -0.4 is 5.32 Å². The molecule has 6 heteroatoms. The largest absolute Gasteiger partial charge is 0.467 e. The first kappa shape index (κ1) is 14.8. The average Bonchev–Trinajstić information content (AvgIpc) is 3.19. The van der Waals surface area contributed by atoms with Gasteiger partial charge in [-0.3, -0.25) is 5.10 Å². The monoisotopic (exact) mass is 317 g/mol. The summed E-state index contributed by atoms with van der Waals surface area (Å²) >= 11 is 6.02. The molecular formula is C16H16ClN3O2. The van der Waals surface area contributed by atoms with Gasteiger partial charge >= 0.3 is 0 Å². The number of nitrogens with one attached hydrogen (secondary N) is 2. The minimum Gasteiger partial charge on any atom is -0.467 e. The molecule has 0 aliphatic rings. The molecule has 0 saturated heterocycles. The van der Waals surface area contributed by atoms with Gasteiger partial charge in [0.15, 0.2) is 0 Å². The predicted octanol–water partition coefficient (Wildman–Crippen LogP) is 3.15. The van der Waals surface area contributed by atoms with Crippen LogP contribution in [0.2, 0.25) is 5.02 Å². The number of aliphatic hydroxyl groups excluding tert-OH is 1. The fourth-order valence-corrected chi connectivity index (χ4v) is 2.45. The third-order valence-electron chi connectivity index (χ3n) is 3.36. The SMILES string of the molecule is OC(CNCc1cn[nH]c1-c1cccc(Cl)c1)c1ccco1. The van der Waals surface area contributed by atoms with Gasteiger partial charge in [0.25, 0.3) is 0 Å². The van der Waals surface area contributed by atoms with Gasteiger partial charge in [0, 0.05) is 29.2 Å². The van der Waals surface area contributed by atoms with Gasteiger partial charge in [0.2, 0.25) is 0 Å². The fraction of sp³-hybridized carbons (Fsp3) is 0.188. The van der Waals surface area contributed by atoms with Gasteiger partial charge in [-0.15, -0.1) is 0 Å². The lowest BCUT2D eigenvalue weighted by Crippen LogP contribution is -2.20. The van der Waals surface area contributed by atoms with E-state index in [2.05, 4.69) is 15.5 Å². The van der Waals surface area contributed by atoms with Gasteiger partial charge in [0.1, 0.15) is 11.9 Å². The molecule has 0 spiro atoms. The minimum atomic E-state index is -0.670. The van der Waals surface area contributed by atoms with Crippen molar-refractivity contribution in [3.05, 3.63) is 65.2 Å². The molecule has 0 bridgehead atoms. The van der Waals surface area contributed by atoms with Crippen molar-refractivity contribution in [2.75, 3.05) is 6.54 Å². The normalized spacial score (nSPS) is 12.5. The van der Waals surface area contributed by atoms with Crippen molar-refractivity contribution in [2.45, 2.75) is 12.6 Å². The summed E-state index contributed by atoms with van der Waals surface area (Å²) in [6.07, 6.45) is 2.64. The second-order valence-electron chi connectivity index (χ2n) is 4.94. The average molecular weight is 318 g/mol. The summed E-state index contributed by atoms with van der Waals surface area (Å²) in [5.74, 6) is 0.551. The van der Waals surface area contributed by atoms with Crippen LogP contribution in [0.25, 0.3) is 11.3 Å². The molecular weight excluding hydrogens is 302 g/mol. The van der Waals surface area contributed by atoms with E-state index in [1.54, 1.807) is 24.6 Å². The Morgan fingerprint density at radius 2 is 2.23 bits per heavy atom. The van der Waals surface area contributed by atoms with Crippen LogP contribution in [0.3, 0.4) is 0 Å². The highest BCUT2D eigenvalue weighted by molar-refractivity contribution is 6.30. The Kier molecular flexibility index (Phi) is 4.58. The Labute approximate surface area is 132 Å². The van der Waals surface area contributed by atoms with Crippen LogP contribution in [0.5, 0.6) is 0 Å². The van der Waals surface area contributed by atoms with Crippen LogP contribution in [0.4, 0.5) is 0 Å². The molecule has 0 amide bonds. The molecule has 1 unspecified atom stereocenters. The zero-order valence-electron chi connectivity index (χ0n) is 11.8. The first-order valence-electron chi connectivity index (χ1n) is 6.94. The molecule has 2 heterocycles. The molecule has 0 fully saturated rings. The second-order valence-corrected chi connectivity index (χ2v) is 5.38. The molecule has 0 aliphatic carbocycles. The molecule has 0 aliphatic heterocycles. The van der Waals surface area contributed by atoms with Crippen molar-refractivity contribution >= 4 is 11.6 Å². The molecule has 5 nitrogen and oxygen atoms in total. The zero-order chi connectivity index (χ0) is 15.4. The highest BCUT2D eigenvalue weighted by atomic mass is 35.5. The minimum absolute atomic E-state index is 0.397. The molecule has 3 rings (SSSR count). The number of hydrogen-bond acceptors (Lipinski definition) is 4. The molecule has 3 aromatic rings. The molecule has 0 saturated carbocycles. The van der Waals surface area contributed by atoms with Crippen LogP contribution in [0, 0.1) is 0 Å². The van der Waals surface area contributed by atoms with E-state index in [-0.39, 0.29) is 0 Å². The molecule has 1 aromatic carbocycles. The van der Waals surface area contributed by atoms with Gasteiger partial charge < -0.3 is 14.8 Å². The van der Waals surface area contributed by atoms with Crippen molar-refractivity contribution in [1.82, 2.24) is 15.5 Å². The van der Waals surface area contributed by atoms with Gasteiger partial charge in [-0.1, -0.05) is 23.7 Å². The van der Waals surface area contributed by atoms with E-state index in [9.17, 15) is 5.11 Å². The van der Waals surface area contributed by atoms with E-state index in [0.29, 0.717) is 23.9 Å². The number of halogens is 1. The van der Waals surface area contributed by atoms with Crippen molar-refractivity contribution in [1.29, 1.82) is 0 Å². The van der Waals surface area contributed by atoms with Crippen LogP contribution in [-0.4, -0.2) is 21.8 Å². The number of aromatic nitrogens is 2. The Morgan fingerprint density at radius 3 is 3.00 bits per heavy atom. The van der Waals surface area contributed by atoms with Crippen LogP contribution in [0.1, 0.15) is 17.4 Å². The first-order chi connectivity index (χ1) is 10.7. The Bertz CT molecular complexity index is 725. The molecule has 2 aromatic heterocycles. The van der Waals surface area contributed by atoms with Crippen molar-refractivity contribution in [2.24, 2.45) is 0 Å². The number of rotatable bonds is 6. The van der Waals surface area contributed by atoms with E-state index in [0.717, 1.165) is 16.8 Å². The van der Waals surface area contributed by atoms with Crippen molar-refractivity contribution < 1.29 is 9.52 Å². The number of aliphatic hydroxyl groups is 1. The lowest BCUT2D eigenvalue weighted by atomic mass is 10.1. The van der Waals surface area contributed by atoms with Crippen LogP contribution in [-0.2, 0) is 6.54 Å². The first-order valence-corrected chi connectivity index (χ1v) is 7.32. The highest BCUT2D eigenvalue weighted by Gasteiger charge is 2.11. The number of furan rings is 1. The van der Waals surface area contributed by atoms with E-state index < -0.39 is 6.10 Å². The van der Waals surface area contributed by atoms with E-state index in [1.165, 1.54) is 0 Å².